The smallest absolute Gasteiger partial charge is 0.313 e. The van der Waals surface area contributed by atoms with Crippen molar-refractivity contribution < 1.29 is 14.3 Å². The van der Waals surface area contributed by atoms with E-state index in [1.54, 1.807) is 0 Å². The quantitative estimate of drug-likeness (QED) is 0.523. The van der Waals surface area contributed by atoms with Crippen LogP contribution in [0.3, 0.4) is 0 Å². The van der Waals surface area contributed by atoms with Gasteiger partial charge in [0.25, 0.3) is 0 Å². The molecule has 70 valence electrons. The zero-order chi connectivity index (χ0) is 9.27. The van der Waals surface area contributed by atoms with E-state index in [4.69, 9.17) is 4.74 Å². The molecule has 3 rings (SSSR count). The molecule has 0 amide bonds. The molecular weight excluding hydrogens is 168 g/mol. The highest BCUT2D eigenvalue weighted by Crippen LogP contribution is 2.64. The van der Waals surface area contributed by atoms with Gasteiger partial charge in [-0.15, -0.1) is 0 Å². The SMILES string of the molecule is C[C@@]12CC[C@H]3C(=O)O[C@]31CCC2=O. The summed E-state index contributed by atoms with van der Waals surface area (Å²) in [5.74, 6) is 0.241. The van der Waals surface area contributed by atoms with Crippen molar-refractivity contribution >= 4 is 11.8 Å². The molecule has 0 N–H and O–H groups in total. The molecule has 1 aliphatic heterocycles. The normalized spacial score (nSPS) is 52.5. The van der Waals surface area contributed by atoms with Gasteiger partial charge in [-0.3, -0.25) is 9.59 Å². The zero-order valence-corrected chi connectivity index (χ0v) is 7.63. The van der Waals surface area contributed by atoms with E-state index in [1.807, 2.05) is 6.92 Å². The van der Waals surface area contributed by atoms with Crippen LogP contribution in [0.15, 0.2) is 0 Å². The summed E-state index contributed by atoms with van der Waals surface area (Å²) in [6.07, 6.45) is 3.04. The third kappa shape index (κ3) is 0.550. The number of Topliss-reactive ketones (excluding diaryl/α,β-unsaturated/α-hetero) is 1. The van der Waals surface area contributed by atoms with Gasteiger partial charge in [-0.25, -0.2) is 0 Å². The first-order chi connectivity index (χ1) is 6.10. The number of hydrogen-bond acceptors (Lipinski definition) is 3. The number of rotatable bonds is 0. The molecule has 0 aromatic heterocycles. The largest absolute Gasteiger partial charge is 0.457 e. The Bertz CT molecular complexity index is 322. The molecule has 13 heavy (non-hydrogen) atoms. The first-order valence-electron chi connectivity index (χ1n) is 4.86. The second kappa shape index (κ2) is 1.81. The monoisotopic (exact) mass is 180 g/mol. The summed E-state index contributed by atoms with van der Waals surface area (Å²) >= 11 is 0. The average molecular weight is 180 g/mol. The Balaban J connectivity index is 2.09. The van der Waals surface area contributed by atoms with Crippen molar-refractivity contribution in [1.82, 2.24) is 0 Å². The molecule has 1 saturated heterocycles. The molecule has 2 saturated carbocycles. The first-order valence-corrected chi connectivity index (χ1v) is 4.86. The van der Waals surface area contributed by atoms with E-state index in [1.165, 1.54) is 0 Å². The van der Waals surface area contributed by atoms with Crippen LogP contribution in [-0.4, -0.2) is 17.4 Å². The minimum absolute atomic E-state index is 0.0314. The van der Waals surface area contributed by atoms with Gasteiger partial charge in [0.15, 0.2) is 0 Å². The Morgan fingerprint density at radius 1 is 1.38 bits per heavy atom. The number of hydrogen-bond donors (Lipinski definition) is 0. The molecule has 0 radical (unpaired) electrons. The summed E-state index contributed by atoms with van der Waals surface area (Å²) in [5.41, 5.74) is -0.716. The Labute approximate surface area is 76.4 Å². The van der Waals surface area contributed by atoms with Gasteiger partial charge in [0, 0.05) is 6.42 Å². The summed E-state index contributed by atoms with van der Waals surface area (Å²) in [5, 5.41) is 0. The van der Waals surface area contributed by atoms with Gasteiger partial charge < -0.3 is 4.74 Å². The third-order valence-electron chi connectivity index (χ3n) is 4.34. The Hall–Kier alpha value is -0.860. The number of carbonyl (C=O) groups is 2. The lowest BCUT2D eigenvalue weighted by molar-refractivity contribution is -0.220. The highest BCUT2D eigenvalue weighted by atomic mass is 16.6. The molecular formula is C10H12O3. The number of ketones is 1. The summed E-state index contributed by atoms with van der Waals surface area (Å²) in [4.78, 5) is 22.8. The van der Waals surface area contributed by atoms with E-state index in [0.29, 0.717) is 12.2 Å². The lowest BCUT2D eigenvalue weighted by Crippen LogP contribution is -2.59. The second-order valence-electron chi connectivity index (χ2n) is 4.66. The maximum absolute atomic E-state index is 11.7. The van der Waals surface area contributed by atoms with E-state index in [9.17, 15) is 9.59 Å². The molecule has 3 heteroatoms. The van der Waals surface area contributed by atoms with E-state index >= 15 is 0 Å². The van der Waals surface area contributed by atoms with Crippen LogP contribution in [0.5, 0.6) is 0 Å². The van der Waals surface area contributed by atoms with E-state index in [0.717, 1.165) is 19.3 Å². The molecule has 3 fully saturated rings. The maximum Gasteiger partial charge on any atom is 0.313 e. The van der Waals surface area contributed by atoms with Crippen LogP contribution in [0.1, 0.15) is 32.6 Å². The topological polar surface area (TPSA) is 43.4 Å². The van der Waals surface area contributed by atoms with Crippen LogP contribution in [0, 0.1) is 11.3 Å². The molecule has 0 aromatic carbocycles. The highest BCUT2D eigenvalue weighted by molar-refractivity contribution is 5.95. The molecule has 3 nitrogen and oxygen atoms in total. The van der Waals surface area contributed by atoms with Crippen LogP contribution in [0.4, 0.5) is 0 Å². The van der Waals surface area contributed by atoms with E-state index in [2.05, 4.69) is 0 Å². The lowest BCUT2D eigenvalue weighted by atomic mass is 9.72. The predicted molar refractivity (Wildman–Crippen MR) is 43.9 cm³/mol. The van der Waals surface area contributed by atoms with Crippen molar-refractivity contribution in [1.29, 1.82) is 0 Å². The van der Waals surface area contributed by atoms with Crippen molar-refractivity contribution in [3.05, 3.63) is 0 Å². The summed E-state index contributed by atoms with van der Waals surface area (Å²) in [7, 11) is 0. The number of esters is 1. The molecule has 2 aliphatic carbocycles. The summed E-state index contributed by atoms with van der Waals surface area (Å²) in [6, 6.07) is 0. The van der Waals surface area contributed by atoms with Gasteiger partial charge in [-0.1, -0.05) is 0 Å². The molecule has 1 heterocycles. The molecule has 0 bridgehead atoms. The molecule has 3 aliphatic rings. The van der Waals surface area contributed by atoms with Crippen LogP contribution >= 0.6 is 0 Å². The van der Waals surface area contributed by atoms with Crippen LogP contribution < -0.4 is 0 Å². The van der Waals surface area contributed by atoms with E-state index < -0.39 is 0 Å². The highest BCUT2D eigenvalue weighted by Gasteiger charge is 2.74. The van der Waals surface area contributed by atoms with Gasteiger partial charge >= 0.3 is 5.97 Å². The van der Waals surface area contributed by atoms with Crippen molar-refractivity contribution in [2.24, 2.45) is 11.3 Å². The Kier molecular flexibility index (Phi) is 1.05. The fourth-order valence-electron chi connectivity index (χ4n) is 3.40. The van der Waals surface area contributed by atoms with Crippen LogP contribution in [0.25, 0.3) is 0 Å². The summed E-state index contributed by atoms with van der Waals surface area (Å²) < 4.78 is 5.29. The van der Waals surface area contributed by atoms with Crippen LogP contribution in [0.2, 0.25) is 0 Å². The minimum atomic E-state index is -0.374. The molecule has 1 spiro atoms. The molecule has 0 unspecified atom stereocenters. The van der Waals surface area contributed by atoms with Crippen molar-refractivity contribution in [3.63, 3.8) is 0 Å². The van der Waals surface area contributed by atoms with Crippen LogP contribution in [-0.2, 0) is 14.3 Å². The Morgan fingerprint density at radius 3 is 2.85 bits per heavy atom. The Morgan fingerprint density at radius 2 is 2.15 bits per heavy atom. The number of ether oxygens (including phenoxy) is 1. The van der Waals surface area contributed by atoms with Gasteiger partial charge in [0.2, 0.25) is 0 Å². The number of carbonyl (C=O) groups excluding carboxylic acids is 2. The zero-order valence-electron chi connectivity index (χ0n) is 7.63. The van der Waals surface area contributed by atoms with Crippen molar-refractivity contribution in [2.45, 2.75) is 38.2 Å². The standard InChI is InChI=1S/C10H12O3/c1-9-4-2-6-8(12)13-10(6,9)5-3-7(9)11/h6H,2-5H2,1H3/t6-,9-,10+/m0/s1. The van der Waals surface area contributed by atoms with Crippen molar-refractivity contribution in [2.75, 3.05) is 0 Å². The second-order valence-corrected chi connectivity index (χ2v) is 4.66. The minimum Gasteiger partial charge on any atom is -0.457 e. The fourth-order valence-corrected chi connectivity index (χ4v) is 3.40. The maximum atomic E-state index is 11.7. The fraction of sp³-hybridized carbons (Fsp3) is 0.800. The third-order valence-corrected chi connectivity index (χ3v) is 4.34. The van der Waals surface area contributed by atoms with Crippen molar-refractivity contribution in [3.8, 4) is 0 Å². The van der Waals surface area contributed by atoms with Gasteiger partial charge in [-0.05, 0) is 26.2 Å². The molecule has 3 atom stereocenters. The summed E-state index contributed by atoms with van der Waals surface area (Å²) in [6.45, 7) is 1.97. The van der Waals surface area contributed by atoms with Gasteiger partial charge in [0.1, 0.15) is 11.4 Å². The predicted octanol–water partition coefficient (Wildman–Crippen LogP) is 1.06. The lowest BCUT2D eigenvalue weighted by Gasteiger charge is -2.47. The molecule has 0 aromatic rings. The van der Waals surface area contributed by atoms with E-state index in [-0.39, 0.29) is 22.9 Å². The first kappa shape index (κ1) is 7.54. The average Bonchev–Trinajstić information content (AvgIpc) is 2.44. The van der Waals surface area contributed by atoms with Gasteiger partial charge in [-0.2, -0.15) is 0 Å². The van der Waals surface area contributed by atoms with Gasteiger partial charge in [0.05, 0.1) is 11.3 Å².